The van der Waals surface area contributed by atoms with Crippen molar-refractivity contribution in [2.75, 3.05) is 11.5 Å². The van der Waals surface area contributed by atoms with Crippen molar-refractivity contribution < 1.29 is 0 Å². The van der Waals surface area contributed by atoms with Gasteiger partial charge >= 0.3 is 0 Å². The zero-order chi connectivity index (χ0) is 8.36. The van der Waals surface area contributed by atoms with E-state index < -0.39 is 0 Å². The monoisotopic (exact) mass is 171 g/mol. The van der Waals surface area contributed by atoms with E-state index in [1.54, 1.807) is 0 Å². The van der Waals surface area contributed by atoms with Gasteiger partial charge in [-0.25, -0.2) is 0 Å². The summed E-state index contributed by atoms with van der Waals surface area (Å²) in [7, 11) is 0. The summed E-state index contributed by atoms with van der Waals surface area (Å²) in [6, 6.07) is 0. The van der Waals surface area contributed by atoms with Gasteiger partial charge in [0.25, 0.3) is 0 Å². The Hall–Kier alpha value is 0.0900. The molecule has 0 amide bonds. The van der Waals surface area contributed by atoms with Crippen molar-refractivity contribution in [3.8, 4) is 0 Å². The first-order chi connectivity index (χ1) is 5.41. The minimum Gasteiger partial charge on any atom is -0.162 e. The molecule has 0 aromatic heterocycles. The fourth-order valence-corrected chi connectivity index (χ4v) is 1.69. The van der Waals surface area contributed by atoms with Crippen molar-refractivity contribution in [3.63, 3.8) is 0 Å². The molecule has 0 saturated heterocycles. The molecule has 0 aliphatic rings. The predicted molar refractivity (Wildman–Crippen MR) is 56.0 cm³/mol. The van der Waals surface area contributed by atoms with Gasteiger partial charge in [-0.1, -0.05) is 19.4 Å². The molecule has 0 heterocycles. The van der Waals surface area contributed by atoms with Crippen LogP contribution < -0.4 is 0 Å². The Bertz CT molecular complexity index is 78.9. The van der Waals surface area contributed by atoms with Crippen LogP contribution in [0.3, 0.4) is 0 Å². The van der Waals surface area contributed by atoms with E-state index in [4.69, 9.17) is 0 Å². The summed E-state index contributed by atoms with van der Waals surface area (Å²) in [6.45, 7) is 7.49. The van der Waals surface area contributed by atoms with Gasteiger partial charge in [-0.3, -0.25) is 0 Å². The average molecular weight is 171 g/mol. The smallest absolute Gasteiger partial charge is 0.00675 e. The van der Waals surface area contributed by atoms with Crippen LogP contribution in [-0.4, -0.2) is 11.5 Å². The van der Waals surface area contributed by atoms with Crippen molar-refractivity contribution in [1.82, 2.24) is 0 Å². The second kappa shape index (κ2) is 10.1. The Morgan fingerprint density at radius 1 is 1.09 bits per heavy atom. The summed E-state index contributed by atoms with van der Waals surface area (Å²) < 4.78 is 0. The summed E-state index contributed by atoms with van der Waals surface area (Å²) in [5.74, 6) is 2.54. The average Bonchev–Trinajstić information content (AvgIpc) is 2.03. The molecule has 11 heavy (non-hydrogen) atoms. The highest BCUT2D eigenvalue weighted by atomic mass is 32.2. The molecule has 0 saturated carbocycles. The fourth-order valence-electron chi connectivity index (χ4n) is 0.874. The van der Waals surface area contributed by atoms with E-state index in [2.05, 4.69) is 13.5 Å². The summed E-state index contributed by atoms with van der Waals surface area (Å²) in [6.07, 6.45) is 8.28. The van der Waals surface area contributed by atoms with E-state index in [1.165, 1.54) is 37.2 Å². The number of unbranched alkanes of at least 4 members (excludes halogenated alkanes) is 3. The lowest BCUT2D eigenvalue weighted by atomic mass is 10.2. The first kappa shape index (κ1) is 11.1. The number of thioether (sulfide) groups is 1. The Labute approximate surface area is 75.5 Å². The van der Waals surface area contributed by atoms with E-state index in [1.807, 2.05) is 17.8 Å². The quantitative estimate of drug-likeness (QED) is 0.396. The molecule has 65 valence electrons. The molecule has 0 spiro atoms. The van der Waals surface area contributed by atoms with Crippen molar-refractivity contribution in [2.24, 2.45) is 0 Å². The van der Waals surface area contributed by atoms with Gasteiger partial charge in [0.1, 0.15) is 0 Å². The van der Waals surface area contributed by atoms with Crippen molar-refractivity contribution >= 4 is 11.8 Å². The summed E-state index contributed by atoms with van der Waals surface area (Å²) in [5.41, 5.74) is 0. The standard InChI is InChI=1S/C10H19S/c1-3-5-6-7-8-10-11-9-4-2/h3H,1-2,4-10H2. The molecular formula is C10H19S. The summed E-state index contributed by atoms with van der Waals surface area (Å²) in [5, 5.41) is 0. The third kappa shape index (κ3) is 10.1. The molecule has 1 radical (unpaired) electrons. The number of rotatable bonds is 8. The van der Waals surface area contributed by atoms with Crippen LogP contribution in [-0.2, 0) is 0 Å². The molecular weight excluding hydrogens is 152 g/mol. The first-order valence-corrected chi connectivity index (χ1v) is 5.55. The van der Waals surface area contributed by atoms with Crippen molar-refractivity contribution in [2.45, 2.75) is 32.1 Å². The van der Waals surface area contributed by atoms with Crippen LogP contribution in [0.15, 0.2) is 12.7 Å². The molecule has 0 atom stereocenters. The van der Waals surface area contributed by atoms with Gasteiger partial charge in [0, 0.05) is 0 Å². The Morgan fingerprint density at radius 2 is 1.91 bits per heavy atom. The van der Waals surface area contributed by atoms with Crippen molar-refractivity contribution in [3.05, 3.63) is 19.6 Å². The highest BCUT2D eigenvalue weighted by molar-refractivity contribution is 7.99. The highest BCUT2D eigenvalue weighted by Gasteiger charge is 1.88. The van der Waals surface area contributed by atoms with Crippen LogP contribution in [0.2, 0.25) is 0 Å². The number of allylic oxidation sites excluding steroid dienone is 1. The highest BCUT2D eigenvalue weighted by Crippen LogP contribution is 2.08. The lowest BCUT2D eigenvalue weighted by molar-refractivity contribution is 0.735. The van der Waals surface area contributed by atoms with Crippen LogP contribution in [0.25, 0.3) is 0 Å². The molecule has 0 aromatic rings. The Balaban J connectivity index is 2.74. The van der Waals surface area contributed by atoms with E-state index in [0.29, 0.717) is 0 Å². The molecule has 0 aromatic carbocycles. The molecule has 0 aliphatic heterocycles. The lowest BCUT2D eigenvalue weighted by Gasteiger charge is -1.98. The first-order valence-electron chi connectivity index (χ1n) is 4.39. The summed E-state index contributed by atoms with van der Waals surface area (Å²) in [4.78, 5) is 0. The van der Waals surface area contributed by atoms with Crippen LogP contribution >= 0.6 is 11.8 Å². The topological polar surface area (TPSA) is 0 Å². The van der Waals surface area contributed by atoms with E-state index in [0.717, 1.165) is 6.42 Å². The van der Waals surface area contributed by atoms with Crippen LogP contribution in [0.4, 0.5) is 0 Å². The van der Waals surface area contributed by atoms with Gasteiger partial charge in [0.05, 0.1) is 0 Å². The molecule has 0 fully saturated rings. The zero-order valence-electron chi connectivity index (χ0n) is 7.35. The second-order valence-electron chi connectivity index (χ2n) is 2.60. The van der Waals surface area contributed by atoms with Gasteiger partial charge in [0.2, 0.25) is 0 Å². The molecule has 0 nitrogen and oxygen atoms in total. The maximum Gasteiger partial charge on any atom is -0.00675 e. The van der Waals surface area contributed by atoms with Crippen molar-refractivity contribution in [1.29, 1.82) is 0 Å². The maximum atomic E-state index is 3.80. The van der Waals surface area contributed by atoms with Gasteiger partial charge in [-0.2, -0.15) is 11.8 Å². The number of hydrogen-bond donors (Lipinski definition) is 0. The van der Waals surface area contributed by atoms with E-state index in [-0.39, 0.29) is 0 Å². The molecule has 1 heteroatoms. The van der Waals surface area contributed by atoms with Crippen LogP contribution in [0.5, 0.6) is 0 Å². The Morgan fingerprint density at radius 3 is 2.55 bits per heavy atom. The van der Waals surface area contributed by atoms with E-state index in [9.17, 15) is 0 Å². The van der Waals surface area contributed by atoms with Crippen LogP contribution in [0.1, 0.15) is 32.1 Å². The molecule has 0 aliphatic carbocycles. The third-order valence-electron chi connectivity index (χ3n) is 1.49. The summed E-state index contributed by atoms with van der Waals surface area (Å²) >= 11 is 2.02. The fraction of sp³-hybridized carbons (Fsp3) is 0.700. The largest absolute Gasteiger partial charge is 0.162 e. The molecule has 0 rings (SSSR count). The maximum absolute atomic E-state index is 3.80. The number of hydrogen-bond acceptors (Lipinski definition) is 1. The minimum atomic E-state index is 1.07. The molecule has 0 N–H and O–H groups in total. The van der Waals surface area contributed by atoms with Gasteiger partial charge < -0.3 is 0 Å². The van der Waals surface area contributed by atoms with Gasteiger partial charge in [-0.15, -0.1) is 6.58 Å². The SMILES string of the molecule is [CH2]CCSCCCCCC=C. The van der Waals surface area contributed by atoms with Crippen LogP contribution in [0, 0.1) is 6.92 Å². The van der Waals surface area contributed by atoms with Gasteiger partial charge in [-0.05, 0) is 37.2 Å². The van der Waals surface area contributed by atoms with E-state index >= 15 is 0 Å². The van der Waals surface area contributed by atoms with Gasteiger partial charge in [0.15, 0.2) is 0 Å². The normalized spacial score (nSPS) is 9.91. The second-order valence-corrected chi connectivity index (χ2v) is 3.83. The Kier molecular flexibility index (Phi) is 10.2. The lowest BCUT2D eigenvalue weighted by Crippen LogP contribution is -1.82. The third-order valence-corrected chi connectivity index (χ3v) is 2.64. The predicted octanol–water partition coefficient (Wildman–Crippen LogP) is 3.69. The minimum absolute atomic E-state index is 1.07. The molecule has 0 unspecified atom stereocenters. The molecule has 0 bridgehead atoms. The zero-order valence-corrected chi connectivity index (χ0v) is 8.17.